The molecule has 1 heterocycles. The highest BCUT2D eigenvalue weighted by atomic mass is 19.1. The summed E-state index contributed by atoms with van der Waals surface area (Å²) in [5.74, 6) is -1.04. The summed E-state index contributed by atoms with van der Waals surface area (Å²) in [5, 5.41) is 3.75. The summed E-state index contributed by atoms with van der Waals surface area (Å²) >= 11 is 0. The van der Waals surface area contributed by atoms with E-state index in [1.807, 2.05) is 0 Å². The largest absolute Gasteiger partial charge is 0.388 e. The molecule has 0 aliphatic carbocycles. The van der Waals surface area contributed by atoms with Gasteiger partial charge in [0.15, 0.2) is 0 Å². The number of nitrogens with one attached hydrogen (secondary N) is 3. The van der Waals surface area contributed by atoms with Crippen molar-refractivity contribution >= 4 is 0 Å². The highest BCUT2D eigenvalue weighted by molar-refractivity contribution is 5.18. The van der Waals surface area contributed by atoms with Crippen molar-refractivity contribution in [1.29, 1.82) is 0 Å². The highest BCUT2D eigenvalue weighted by Gasteiger charge is 2.19. The normalized spacial score (nSPS) is 24.9. The molecule has 0 radical (unpaired) electrons. The summed E-state index contributed by atoms with van der Waals surface area (Å²) in [6.07, 6.45) is 0.0600. The molecular weight excluding hydrogens is 214 g/mol. The van der Waals surface area contributed by atoms with Gasteiger partial charge in [0, 0.05) is 0 Å². The molecule has 3 N–H and O–H groups in total. The molecule has 1 fully saturated rings. The third kappa shape index (κ3) is 2.35. The lowest BCUT2D eigenvalue weighted by molar-refractivity contribution is -0.868. The molecule has 1 aliphatic heterocycles. The number of halogens is 2. The van der Waals surface area contributed by atoms with Crippen LogP contribution in [0.5, 0.6) is 0 Å². The molecule has 1 saturated heterocycles. The number of likely N-dealkylation sites (N-methyl/N-ethyl adjacent to an activating group) is 1. The Bertz CT molecular complexity index is 352. The Morgan fingerprint density at radius 1 is 1.50 bits per heavy atom. The number of benzene rings is 1. The van der Waals surface area contributed by atoms with E-state index in [0.29, 0.717) is 6.54 Å². The summed E-state index contributed by atoms with van der Waals surface area (Å²) in [6.45, 7) is 0.869. The number of hydrogen-bond acceptors (Lipinski definition) is 2. The average Bonchev–Trinajstić information content (AvgIpc) is 2.71. The summed E-state index contributed by atoms with van der Waals surface area (Å²) < 4.78 is 26.7. The van der Waals surface area contributed by atoms with Crippen molar-refractivity contribution in [2.24, 2.45) is 0 Å². The Morgan fingerprint density at radius 2 is 2.19 bits per heavy atom. The van der Waals surface area contributed by atoms with Gasteiger partial charge in [-0.15, -0.1) is 0 Å². The van der Waals surface area contributed by atoms with E-state index in [1.165, 1.54) is 18.2 Å². The lowest BCUT2D eigenvalue weighted by Crippen LogP contribution is -3.05. The van der Waals surface area contributed by atoms with E-state index >= 15 is 0 Å². The quantitative estimate of drug-likeness (QED) is 0.665. The third-order valence-corrected chi connectivity index (χ3v) is 2.61. The number of hydrogen-bond donors (Lipinski definition) is 3. The molecule has 6 heteroatoms. The smallest absolute Gasteiger partial charge is 0.134 e. The van der Waals surface area contributed by atoms with Gasteiger partial charge in [0.25, 0.3) is 0 Å². The molecule has 1 aromatic carbocycles. The van der Waals surface area contributed by atoms with Crippen LogP contribution in [0.1, 0.15) is 5.56 Å². The molecule has 16 heavy (non-hydrogen) atoms. The molecule has 2 rings (SSSR count). The molecule has 0 amide bonds. The van der Waals surface area contributed by atoms with Crippen LogP contribution in [0, 0.1) is 11.6 Å². The Balaban J connectivity index is 2.04. The van der Waals surface area contributed by atoms with Gasteiger partial charge in [-0.3, -0.25) is 0 Å². The first-order chi connectivity index (χ1) is 7.70. The SMILES string of the molecule is CNC1C[NH+](Cc2c(F)cccc2F)[N-]N1. The van der Waals surface area contributed by atoms with Gasteiger partial charge in [-0.2, -0.15) is 0 Å². The average molecular weight is 228 g/mol. The minimum absolute atomic E-state index is 0.0600. The van der Waals surface area contributed by atoms with Crippen molar-refractivity contribution in [2.45, 2.75) is 12.7 Å². The minimum Gasteiger partial charge on any atom is -0.388 e. The molecule has 0 spiro atoms. The van der Waals surface area contributed by atoms with Crippen molar-refractivity contribution in [3.63, 3.8) is 0 Å². The zero-order valence-corrected chi connectivity index (χ0v) is 8.93. The Labute approximate surface area is 92.6 Å². The summed E-state index contributed by atoms with van der Waals surface area (Å²) in [5.41, 5.74) is 6.97. The maximum atomic E-state index is 13.4. The van der Waals surface area contributed by atoms with Gasteiger partial charge >= 0.3 is 0 Å². The number of rotatable bonds is 3. The molecule has 88 valence electrons. The first-order valence-corrected chi connectivity index (χ1v) is 5.12. The maximum Gasteiger partial charge on any atom is 0.134 e. The van der Waals surface area contributed by atoms with Crippen molar-refractivity contribution in [3.8, 4) is 0 Å². The first kappa shape index (κ1) is 11.4. The fourth-order valence-electron chi connectivity index (χ4n) is 1.68. The van der Waals surface area contributed by atoms with Crippen LogP contribution in [0.3, 0.4) is 0 Å². The second-order valence-corrected chi connectivity index (χ2v) is 3.73. The van der Waals surface area contributed by atoms with Gasteiger partial charge in [-0.05, 0) is 19.2 Å². The molecule has 1 aromatic rings. The number of nitrogens with zero attached hydrogens (tertiary/aromatic N) is 1. The highest BCUT2D eigenvalue weighted by Crippen LogP contribution is 2.10. The Hall–Kier alpha value is -1.08. The van der Waals surface area contributed by atoms with Crippen LogP contribution >= 0.6 is 0 Å². The monoisotopic (exact) mass is 228 g/mol. The van der Waals surface area contributed by atoms with E-state index in [1.54, 1.807) is 7.05 Å². The van der Waals surface area contributed by atoms with E-state index < -0.39 is 11.6 Å². The second kappa shape index (κ2) is 4.84. The zero-order valence-electron chi connectivity index (χ0n) is 8.93. The molecule has 2 unspecified atom stereocenters. The fraction of sp³-hybridized carbons (Fsp3) is 0.400. The fourth-order valence-corrected chi connectivity index (χ4v) is 1.68. The van der Waals surface area contributed by atoms with Crippen LogP contribution in [-0.4, -0.2) is 19.8 Å². The van der Waals surface area contributed by atoms with Crippen LogP contribution in [0.15, 0.2) is 18.2 Å². The molecule has 2 atom stereocenters. The van der Waals surface area contributed by atoms with E-state index in [0.717, 1.165) is 5.01 Å². The summed E-state index contributed by atoms with van der Waals surface area (Å²) in [7, 11) is 1.81. The van der Waals surface area contributed by atoms with E-state index in [-0.39, 0.29) is 18.3 Å². The lowest BCUT2D eigenvalue weighted by Gasteiger charge is -2.22. The minimum atomic E-state index is -0.518. The maximum absolute atomic E-state index is 13.4. The van der Waals surface area contributed by atoms with Crippen LogP contribution in [0.4, 0.5) is 8.78 Å². The molecule has 4 nitrogen and oxygen atoms in total. The standard InChI is InChI=1S/C10H14F2N4/c1-13-10-6-16(15-14-10)5-7-8(11)3-2-4-9(7)12/h2-4,10,13-14,16H,5-6H2,1H3. The van der Waals surface area contributed by atoms with Crippen molar-refractivity contribution in [3.05, 3.63) is 40.9 Å². The zero-order chi connectivity index (χ0) is 11.5. The predicted octanol–water partition coefficient (Wildman–Crippen LogP) is -0.298. The van der Waals surface area contributed by atoms with Crippen molar-refractivity contribution in [1.82, 2.24) is 10.7 Å². The molecule has 1 aliphatic rings. The predicted molar refractivity (Wildman–Crippen MR) is 55.2 cm³/mol. The number of quaternary nitrogens is 1. The van der Waals surface area contributed by atoms with Crippen LogP contribution in [0.2, 0.25) is 0 Å². The third-order valence-electron chi connectivity index (χ3n) is 2.61. The molecular formula is C10H14F2N4. The summed E-state index contributed by atoms with van der Waals surface area (Å²) in [4.78, 5) is 0. The van der Waals surface area contributed by atoms with Crippen molar-refractivity contribution < 1.29 is 13.8 Å². The van der Waals surface area contributed by atoms with E-state index in [2.05, 4.69) is 16.3 Å². The van der Waals surface area contributed by atoms with Crippen LogP contribution in [0.25, 0.3) is 5.53 Å². The van der Waals surface area contributed by atoms with Gasteiger partial charge < -0.3 is 21.3 Å². The van der Waals surface area contributed by atoms with Gasteiger partial charge in [-0.25, -0.2) is 8.78 Å². The van der Waals surface area contributed by atoms with Gasteiger partial charge in [0.05, 0.1) is 18.3 Å². The second-order valence-electron chi connectivity index (χ2n) is 3.73. The van der Waals surface area contributed by atoms with Gasteiger partial charge in [-0.1, -0.05) is 6.07 Å². The summed E-state index contributed by atoms with van der Waals surface area (Å²) in [6, 6.07) is 3.88. The topological polar surface area (TPSA) is 42.6 Å². The Kier molecular flexibility index (Phi) is 3.45. The van der Waals surface area contributed by atoms with E-state index in [4.69, 9.17) is 0 Å². The lowest BCUT2D eigenvalue weighted by atomic mass is 10.2. The molecule has 0 bridgehead atoms. The van der Waals surface area contributed by atoms with Crippen LogP contribution < -0.4 is 15.8 Å². The van der Waals surface area contributed by atoms with Crippen LogP contribution in [-0.2, 0) is 6.54 Å². The van der Waals surface area contributed by atoms with Gasteiger partial charge in [0.1, 0.15) is 18.2 Å². The molecule has 0 aromatic heterocycles. The molecule has 0 saturated carbocycles. The van der Waals surface area contributed by atoms with Gasteiger partial charge in [0.2, 0.25) is 0 Å². The van der Waals surface area contributed by atoms with Crippen molar-refractivity contribution in [2.75, 3.05) is 13.6 Å². The van der Waals surface area contributed by atoms with E-state index in [9.17, 15) is 8.78 Å². The Morgan fingerprint density at radius 3 is 2.75 bits per heavy atom. The first-order valence-electron chi connectivity index (χ1n) is 5.12.